The van der Waals surface area contributed by atoms with Gasteiger partial charge in [-0.3, -0.25) is 9.59 Å². The number of amides is 2. The fourth-order valence-electron chi connectivity index (χ4n) is 2.30. The van der Waals surface area contributed by atoms with Crippen molar-refractivity contribution >= 4 is 34.4 Å². The molecule has 0 saturated carbocycles. The van der Waals surface area contributed by atoms with Gasteiger partial charge in [0.1, 0.15) is 5.69 Å². The molecule has 0 atom stereocenters. The zero-order chi connectivity index (χ0) is 17.1. The molecule has 0 aliphatic carbocycles. The number of benzene rings is 2. The van der Waals surface area contributed by atoms with Crippen LogP contribution in [0.2, 0.25) is 0 Å². The molecule has 1 heterocycles. The summed E-state index contributed by atoms with van der Waals surface area (Å²) >= 11 is 0. The molecule has 1 aromatic heterocycles. The number of fused-ring (bicyclic) bond motifs is 1. The van der Waals surface area contributed by atoms with Gasteiger partial charge in [0.25, 0.3) is 11.8 Å². The van der Waals surface area contributed by atoms with Gasteiger partial charge < -0.3 is 21.8 Å². The highest BCUT2D eigenvalue weighted by molar-refractivity contribution is 6.06. The molecule has 7 heteroatoms. The van der Waals surface area contributed by atoms with Crippen molar-refractivity contribution in [1.29, 1.82) is 0 Å². The van der Waals surface area contributed by atoms with E-state index in [-0.39, 0.29) is 17.6 Å². The maximum absolute atomic E-state index is 12.2. The number of carbonyl (C=O) groups is 2. The van der Waals surface area contributed by atoms with Gasteiger partial charge in [-0.25, -0.2) is 0 Å². The number of aliphatic imine (C=N–C) groups is 1. The molecule has 0 fully saturated rings. The number of guanidine groups is 1. The summed E-state index contributed by atoms with van der Waals surface area (Å²) in [4.78, 5) is 30.4. The maximum atomic E-state index is 12.2. The Bertz CT molecular complexity index is 940. The summed E-state index contributed by atoms with van der Waals surface area (Å²) in [7, 11) is 0. The van der Waals surface area contributed by atoms with Crippen LogP contribution in [0.3, 0.4) is 0 Å². The highest BCUT2D eigenvalue weighted by Gasteiger charge is 2.10. The summed E-state index contributed by atoms with van der Waals surface area (Å²) in [6, 6.07) is 15.8. The van der Waals surface area contributed by atoms with E-state index < -0.39 is 5.91 Å². The molecule has 24 heavy (non-hydrogen) atoms. The van der Waals surface area contributed by atoms with Crippen molar-refractivity contribution in [3.05, 3.63) is 65.9 Å². The zero-order valence-corrected chi connectivity index (χ0v) is 12.6. The SMILES string of the molecule is NC(N)=NC(=O)c1cc2cc(NC(=O)c3ccccc3)ccc2[nH]1. The van der Waals surface area contributed by atoms with Gasteiger partial charge in [-0.2, -0.15) is 4.99 Å². The van der Waals surface area contributed by atoms with Gasteiger partial charge in [0.2, 0.25) is 0 Å². The number of aromatic nitrogens is 1. The smallest absolute Gasteiger partial charge is 0.296 e. The minimum atomic E-state index is -0.555. The van der Waals surface area contributed by atoms with E-state index in [1.165, 1.54) is 0 Å². The van der Waals surface area contributed by atoms with E-state index in [0.29, 0.717) is 11.3 Å². The quantitative estimate of drug-likeness (QED) is 0.433. The van der Waals surface area contributed by atoms with Crippen LogP contribution < -0.4 is 16.8 Å². The molecule has 7 nitrogen and oxygen atoms in total. The first-order chi connectivity index (χ1) is 11.5. The second kappa shape index (κ2) is 6.25. The molecule has 2 amide bonds. The minimum Gasteiger partial charge on any atom is -0.370 e. The van der Waals surface area contributed by atoms with E-state index in [1.54, 1.807) is 48.5 Å². The molecular weight excluding hydrogens is 306 g/mol. The van der Waals surface area contributed by atoms with Gasteiger partial charge >= 0.3 is 0 Å². The first-order valence-electron chi connectivity index (χ1n) is 7.16. The maximum Gasteiger partial charge on any atom is 0.296 e. The van der Waals surface area contributed by atoms with Gasteiger partial charge in [-0.15, -0.1) is 0 Å². The summed E-state index contributed by atoms with van der Waals surface area (Å²) in [6.07, 6.45) is 0. The van der Waals surface area contributed by atoms with Crippen molar-refractivity contribution in [2.24, 2.45) is 16.5 Å². The Morgan fingerprint density at radius 2 is 1.75 bits per heavy atom. The molecule has 3 rings (SSSR count). The largest absolute Gasteiger partial charge is 0.370 e. The third-order valence-electron chi connectivity index (χ3n) is 3.38. The van der Waals surface area contributed by atoms with Gasteiger partial charge in [0.05, 0.1) is 0 Å². The van der Waals surface area contributed by atoms with Crippen LogP contribution in [0.5, 0.6) is 0 Å². The minimum absolute atomic E-state index is 0.206. The Hall–Kier alpha value is -3.61. The lowest BCUT2D eigenvalue weighted by Crippen LogP contribution is -2.24. The second-order valence-electron chi connectivity index (χ2n) is 5.15. The molecule has 0 bridgehead atoms. The van der Waals surface area contributed by atoms with Crippen molar-refractivity contribution in [2.45, 2.75) is 0 Å². The lowest BCUT2D eigenvalue weighted by molar-refractivity contribution is 0.0996. The van der Waals surface area contributed by atoms with Crippen LogP contribution in [0.15, 0.2) is 59.6 Å². The van der Waals surface area contributed by atoms with Crippen LogP contribution in [-0.2, 0) is 0 Å². The summed E-state index contributed by atoms with van der Waals surface area (Å²) in [5, 5.41) is 3.58. The van der Waals surface area contributed by atoms with Crippen molar-refractivity contribution in [2.75, 3.05) is 5.32 Å². The van der Waals surface area contributed by atoms with E-state index in [9.17, 15) is 9.59 Å². The second-order valence-corrected chi connectivity index (χ2v) is 5.15. The number of hydrogen-bond acceptors (Lipinski definition) is 2. The average molecular weight is 321 g/mol. The highest BCUT2D eigenvalue weighted by atomic mass is 16.2. The topological polar surface area (TPSA) is 126 Å². The molecule has 0 spiro atoms. The summed E-state index contributed by atoms with van der Waals surface area (Å²) in [6.45, 7) is 0. The first-order valence-corrected chi connectivity index (χ1v) is 7.16. The predicted octanol–water partition coefficient (Wildman–Crippen LogP) is 1.83. The van der Waals surface area contributed by atoms with Crippen molar-refractivity contribution in [3.63, 3.8) is 0 Å². The van der Waals surface area contributed by atoms with Crippen molar-refractivity contribution < 1.29 is 9.59 Å². The third kappa shape index (κ3) is 3.25. The number of carbonyl (C=O) groups excluding carboxylic acids is 2. The monoisotopic (exact) mass is 321 g/mol. The lowest BCUT2D eigenvalue weighted by Gasteiger charge is -2.05. The molecule has 0 aliphatic rings. The third-order valence-corrected chi connectivity index (χ3v) is 3.38. The summed E-state index contributed by atoms with van der Waals surface area (Å²) in [5.41, 5.74) is 12.6. The number of nitrogens with zero attached hydrogens (tertiary/aromatic N) is 1. The van der Waals surface area contributed by atoms with Crippen LogP contribution >= 0.6 is 0 Å². The number of aromatic amines is 1. The number of nitrogens with one attached hydrogen (secondary N) is 2. The van der Waals surface area contributed by atoms with Crippen LogP contribution in [-0.4, -0.2) is 22.8 Å². The van der Waals surface area contributed by atoms with Gasteiger partial charge in [-0.1, -0.05) is 18.2 Å². The normalized spacial score (nSPS) is 10.3. The van der Waals surface area contributed by atoms with E-state index in [0.717, 1.165) is 10.9 Å². The van der Waals surface area contributed by atoms with Crippen molar-refractivity contribution in [1.82, 2.24) is 4.98 Å². The molecule has 120 valence electrons. The molecular formula is C17H15N5O2. The van der Waals surface area contributed by atoms with E-state index >= 15 is 0 Å². The van der Waals surface area contributed by atoms with Gasteiger partial charge in [-0.05, 0) is 36.4 Å². The number of nitrogens with two attached hydrogens (primary N) is 2. The lowest BCUT2D eigenvalue weighted by atomic mass is 10.2. The average Bonchev–Trinajstić information content (AvgIpc) is 2.98. The van der Waals surface area contributed by atoms with Crippen LogP contribution in [0.25, 0.3) is 10.9 Å². The van der Waals surface area contributed by atoms with E-state index in [2.05, 4.69) is 15.3 Å². The number of H-pyrrole nitrogens is 1. The van der Waals surface area contributed by atoms with E-state index in [4.69, 9.17) is 11.5 Å². The molecule has 0 saturated heterocycles. The molecule has 6 N–H and O–H groups in total. The Balaban J connectivity index is 1.85. The van der Waals surface area contributed by atoms with Crippen molar-refractivity contribution in [3.8, 4) is 0 Å². The first kappa shape index (κ1) is 15.3. The molecule has 2 aromatic carbocycles. The van der Waals surface area contributed by atoms with Crippen LogP contribution in [0, 0.1) is 0 Å². The Kier molecular flexibility index (Phi) is 3.98. The molecule has 3 aromatic rings. The summed E-state index contributed by atoms with van der Waals surface area (Å²) in [5.74, 6) is -1.06. The fourth-order valence-corrected chi connectivity index (χ4v) is 2.30. The fraction of sp³-hybridized carbons (Fsp3) is 0. The Morgan fingerprint density at radius 1 is 1.00 bits per heavy atom. The standard InChI is InChI=1S/C17H15N5O2/c18-17(19)22-16(24)14-9-11-8-12(6-7-13(11)21-14)20-15(23)10-4-2-1-3-5-10/h1-9,21H,(H,20,23)(H4,18,19,22,24). The number of anilines is 1. The highest BCUT2D eigenvalue weighted by Crippen LogP contribution is 2.21. The van der Waals surface area contributed by atoms with E-state index in [1.807, 2.05) is 6.07 Å². The number of hydrogen-bond donors (Lipinski definition) is 4. The van der Waals surface area contributed by atoms with Gasteiger partial charge in [0.15, 0.2) is 5.96 Å². The summed E-state index contributed by atoms with van der Waals surface area (Å²) < 4.78 is 0. The Morgan fingerprint density at radius 3 is 2.46 bits per heavy atom. The zero-order valence-electron chi connectivity index (χ0n) is 12.6. The van der Waals surface area contributed by atoms with Crippen LogP contribution in [0.1, 0.15) is 20.8 Å². The number of rotatable bonds is 3. The molecule has 0 aliphatic heterocycles. The van der Waals surface area contributed by atoms with Gasteiger partial charge in [0, 0.05) is 22.2 Å². The Labute approximate surface area is 137 Å². The molecule has 0 radical (unpaired) electrons. The molecule has 0 unspecified atom stereocenters. The predicted molar refractivity (Wildman–Crippen MR) is 92.8 cm³/mol. The van der Waals surface area contributed by atoms with Crippen LogP contribution in [0.4, 0.5) is 5.69 Å².